The molecule has 1 N–H and O–H groups in total. The summed E-state index contributed by atoms with van der Waals surface area (Å²) in [6, 6.07) is 10.8. The van der Waals surface area contributed by atoms with Crippen LogP contribution in [0.4, 0.5) is 13.2 Å². The number of amides is 1. The predicted octanol–water partition coefficient (Wildman–Crippen LogP) is 5.38. The van der Waals surface area contributed by atoms with Crippen LogP contribution in [0.1, 0.15) is 28.7 Å². The van der Waals surface area contributed by atoms with Crippen LogP contribution < -0.4 is 5.32 Å². The third-order valence-corrected chi connectivity index (χ3v) is 4.78. The lowest BCUT2D eigenvalue weighted by Gasteiger charge is -2.07. The molecule has 3 aromatic rings. The number of carbonyl (C=O) groups is 1. The van der Waals surface area contributed by atoms with Crippen molar-refractivity contribution in [2.45, 2.75) is 19.7 Å². The van der Waals surface area contributed by atoms with E-state index in [4.69, 9.17) is 28.0 Å². The highest BCUT2D eigenvalue weighted by Gasteiger charge is 2.38. The molecule has 12 heteroatoms. The summed E-state index contributed by atoms with van der Waals surface area (Å²) in [5, 5.41) is 10.8. The highest BCUT2D eigenvalue weighted by atomic mass is 35.5. The number of hydrogen-bond donors (Lipinski definition) is 1. The van der Waals surface area contributed by atoms with Crippen LogP contribution in [-0.2, 0) is 17.6 Å². The Balaban J connectivity index is 1.53. The van der Waals surface area contributed by atoms with Crippen LogP contribution in [0.2, 0.25) is 10.0 Å². The van der Waals surface area contributed by atoms with E-state index in [1.807, 2.05) is 0 Å². The topological polar surface area (TPSA) is 89.6 Å². The van der Waals surface area contributed by atoms with Crippen molar-refractivity contribution in [1.29, 1.82) is 0 Å². The van der Waals surface area contributed by atoms with Crippen molar-refractivity contribution in [3.63, 3.8) is 0 Å². The van der Waals surface area contributed by atoms with Crippen LogP contribution in [0.15, 0.2) is 52.1 Å². The van der Waals surface area contributed by atoms with Gasteiger partial charge in [-0.1, -0.05) is 51.7 Å². The Morgan fingerprint density at radius 2 is 1.81 bits per heavy atom. The van der Waals surface area contributed by atoms with Crippen LogP contribution in [0.25, 0.3) is 11.4 Å². The van der Waals surface area contributed by atoms with Gasteiger partial charge in [-0.15, -0.1) is 0 Å². The van der Waals surface area contributed by atoms with E-state index < -0.39 is 18.0 Å². The maximum Gasteiger partial charge on any atom is 0.471 e. The van der Waals surface area contributed by atoms with Gasteiger partial charge in [-0.3, -0.25) is 4.79 Å². The second-order valence-corrected chi connectivity index (χ2v) is 7.30. The molecule has 0 saturated heterocycles. The SMILES string of the molecule is CC(CNC(=O)c1ccc(-c2noc(C(F)(F)F)n2)cc1)=NOCc1c(Cl)cccc1Cl. The Morgan fingerprint density at radius 1 is 1.16 bits per heavy atom. The van der Waals surface area contributed by atoms with Crippen molar-refractivity contribution >= 4 is 34.8 Å². The highest BCUT2D eigenvalue weighted by molar-refractivity contribution is 6.35. The van der Waals surface area contributed by atoms with E-state index in [1.54, 1.807) is 25.1 Å². The largest absolute Gasteiger partial charge is 0.471 e. The molecule has 0 fully saturated rings. The number of halogens is 5. The zero-order chi connectivity index (χ0) is 23.3. The van der Waals surface area contributed by atoms with E-state index in [1.165, 1.54) is 24.3 Å². The molecule has 32 heavy (non-hydrogen) atoms. The third-order valence-electron chi connectivity index (χ3n) is 4.07. The van der Waals surface area contributed by atoms with Gasteiger partial charge in [-0.2, -0.15) is 18.2 Å². The van der Waals surface area contributed by atoms with Gasteiger partial charge in [0.2, 0.25) is 5.82 Å². The number of oxime groups is 1. The molecule has 0 aliphatic rings. The van der Waals surface area contributed by atoms with Crippen molar-refractivity contribution in [3.05, 3.63) is 69.5 Å². The number of benzene rings is 2. The molecule has 0 aliphatic heterocycles. The third kappa shape index (κ3) is 5.98. The van der Waals surface area contributed by atoms with E-state index in [2.05, 4.69) is 25.1 Å². The maximum absolute atomic E-state index is 12.6. The summed E-state index contributed by atoms with van der Waals surface area (Å²) >= 11 is 12.1. The lowest BCUT2D eigenvalue weighted by atomic mass is 10.1. The number of alkyl halides is 3. The Labute approximate surface area is 190 Å². The lowest BCUT2D eigenvalue weighted by Crippen LogP contribution is -2.28. The van der Waals surface area contributed by atoms with Crippen molar-refractivity contribution in [2.75, 3.05) is 6.54 Å². The molecule has 3 rings (SSSR count). The molecule has 0 unspecified atom stereocenters. The van der Waals surface area contributed by atoms with Crippen molar-refractivity contribution < 1.29 is 27.3 Å². The first-order chi connectivity index (χ1) is 15.1. The predicted molar refractivity (Wildman–Crippen MR) is 111 cm³/mol. The Hall–Kier alpha value is -3.11. The van der Waals surface area contributed by atoms with Gasteiger partial charge in [0, 0.05) is 26.7 Å². The van der Waals surface area contributed by atoms with E-state index >= 15 is 0 Å². The van der Waals surface area contributed by atoms with E-state index in [0.717, 1.165) is 0 Å². The highest BCUT2D eigenvalue weighted by Crippen LogP contribution is 2.29. The van der Waals surface area contributed by atoms with Crippen LogP contribution in [0.5, 0.6) is 0 Å². The Bertz CT molecular complexity index is 1110. The van der Waals surface area contributed by atoms with Crippen LogP contribution >= 0.6 is 23.2 Å². The lowest BCUT2D eigenvalue weighted by molar-refractivity contribution is -0.159. The van der Waals surface area contributed by atoms with E-state index in [9.17, 15) is 18.0 Å². The smallest absolute Gasteiger partial charge is 0.391 e. The van der Waals surface area contributed by atoms with Crippen LogP contribution in [-0.4, -0.2) is 28.3 Å². The zero-order valence-electron chi connectivity index (χ0n) is 16.4. The molecule has 2 aromatic carbocycles. The fourth-order valence-electron chi connectivity index (χ4n) is 2.45. The van der Waals surface area contributed by atoms with Gasteiger partial charge in [-0.05, 0) is 31.2 Å². The standard InChI is InChI=1S/C20H15Cl2F3N4O3/c1-11(28-31-10-14-15(21)3-2-4-16(14)22)9-26-18(30)13-7-5-12(6-8-13)17-27-19(32-29-17)20(23,24)25/h2-8H,9-10H2,1H3,(H,26,30). The molecule has 1 amide bonds. The van der Waals surface area contributed by atoms with Gasteiger partial charge < -0.3 is 14.7 Å². The second-order valence-electron chi connectivity index (χ2n) is 6.48. The van der Waals surface area contributed by atoms with Crippen LogP contribution in [0.3, 0.4) is 0 Å². The van der Waals surface area contributed by atoms with E-state index in [-0.39, 0.29) is 30.1 Å². The fraction of sp³-hybridized carbons (Fsp3) is 0.200. The minimum absolute atomic E-state index is 0.0669. The summed E-state index contributed by atoms with van der Waals surface area (Å²) in [4.78, 5) is 20.8. The fourth-order valence-corrected chi connectivity index (χ4v) is 2.95. The van der Waals surface area contributed by atoms with Crippen LogP contribution in [0, 0.1) is 0 Å². The monoisotopic (exact) mass is 486 g/mol. The molecule has 0 atom stereocenters. The maximum atomic E-state index is 12.6. The van der Waals surface area contributed by atoms with Crippen molar-refractivity contribution in [2.24, 2.45) is 5.16 Å². The summed E-state index contributed by atoms with van der Waals surface area (Å²) in [6.07, 6.45) is -4.73. The molecule has 168 valence electrons. The molecular formula is C20H15Cl2F3N4O3. The molecule has 1 heterocycles. The second kappa shape index (κ2) is 10.0. The van der Waals surface area contributed by atoms with Gasteiger partial charge in [0.1, 0.15) is 6.61 Å². The summed E-state index contributed by atoms with van der Waals surface area (Å²) in [5.74, 6) is -2.09. The van der Waals surface area contributed by atoms with Gasteiger partial charge >= 0.3 is 12.1 Å². The molecular weight excluding hydrogens is 472 g/mol. The number of carbonyl (C=O) groups excluding carboxylic acids is 1. The normalized spacial score (nSPS) is 12.0. The van der Waals surface area contributed by atoms with Gasteiger partial charge in [0.05, 0.1) is 12.3 Å². The number of hydrogen-bond acceptors (Lipinski definition) is 6. The first kappa shape index (κ1) is 23.6. The summed E-state index contributed by atoms with van der Waals surface area (Å²) < 4.78 is 41.9. The van der Waals surface area contributed by atoms with Gasteiger partial charge in [-0.25, -0.2) is 0 Å². The summed E-state index contributed by atoms with van der Waals surface area (Å²) in [7, 11) is 0. The zero-order valence-corrected chi connectivity index (χ0v) is 17.9. The number of aromatic nitrogens is 2. The van der Waals surface area contributed by atoms with E-state index in [0.29, 0.717) is 21.3 Å². The molecule has 0 radical (unpaired) electrons. The molecule has 7 nitrogen and oxygen atoms in total. The molecule has 0 spiro atoms. The van der Waals surface area contributed by atoms with Crippen molar-refractivity contribution in [3.8, 4) is 11.4 Å². The minimum Gasteiger partial charge on any atom is -0.391 e. The van der Waals surface area contributed by atoms with Gasteiger partial charge in [0.15, 0.2) is 0 Å². The minimum atomic E-state index is -4.73. The molecule has 0 aliphatic carbocycles. The molecule has 0 saturated carbocycles. The molecule has 1 aromatic heterocycles. The Kier molecular flexibility index (Phi) is 7.37. The first-order valence-corrected chi connectivity index (χ1v) is 9.78. The van der Waals surface area contributed by atoms with Gasteiger partial charge in [0.25, 0.3) is 5.91 Å². The average molecular weight is 487 g/mol. The number of nitrogens with zero attached hydrogens (tertiary/aromatic N) is 3. The van der Waals surface area contributed by atoms with Crippen molar-refractivity contribution in [1.82, 2.24) is 15.5 Å². The molecule has 0 bridgehead atoms. The average Bonchev–Trinajstić information content (AvgIpc) is 3.25. The number of nitrogens with one attached hydrogen (secondary N) is 1. The Morgan fingerprint density at radius 3 is 2.41 bits per heavy atom. The first-order valence-electron chi connectivity index (χ1n) is 9.03. The summed E-state index contributed by atoms with van der Waals surface area (Å²) in [5.41, 5.74) is 1.64. The summed E-state index contributed by atoms with van der Waals surface area (Å²) in [6.45, 7) is 1.83. The quantitative estimate of drug-likeness (QED) is 0.357. The number of rotatable bonds is 7.